The number of nitrogens with zero attached hydrogens (tertiary/aromatic N) is 4. The molecule has 0 aromatic carbocycles. The van der Waals surface area contributed by atoms with Gasteiger partial charge in [0, 0.05) is 50.1 Å². The van der Waals surface area contributed by atoms with Crippen molar-refractivity contribution in [3.63, 3.8) is 0 Å². The lowest BCUT2D eigenvalue weighted by Crippen LogP contribution is -2.38. The Morgan fingerprint density at radius 2 is 1.24 bits per heavy atom. The molecule has 0 N–H and O–H groups in total. The maximum Gasteiger partial charge on any atom is 0.230 e. The van der Waals surface area contributed by atoms with Gasteiger partial charge in [-0.25, -0.2) is 0 Å². The molecular weight excluding hydrogens is 372 g/mol. The van der Waals surface area contributed by atoms with E-state index < -0.39 is 0 Å². The maximum atomic E-state index is 12.7. The fourth-order valence-electron chi connectivity index (χ4n) is 3.91. The van der Waals surface area contributed by atoms with Crippen molar-refractivity contribution in [3.8, 4) is 0 Å². The van der Waals surface area contributed by atoms with Crippen molar-refractivity contribution in [3.05, 3.63) is 35.0 Å². The van der Waals surface area contributed by atoms with Crippen molar-refractivity contribution < 1.29 is 18.6 Å². The molecule has 8 heteroatoms. The monoisotopic (exact) mass is 398 g/mol. The second-order valence-electron chi connectivity index (χ2n) is 8.45. The molecule has 0 unspecified atom stereocenters. The zero-order valence-corrected chi connectivity index (χ0v) is 16.5. The molecule has 154 valence electrons. The molecule has 2 aromatic heterocycles. The molecule has 3 aliphatic rings. The molecule has 2 aromatic rings. The van der Waals surface area contributed by atoms with E-state index in [-0.39, 0.29) is 24.7 Å². The summed E-state index contributed by atoms with van der Waals surface area (Å²) in [4.78, 5) is 29.0. The summed E-state index contributed by atoms with van der Waals surface area (Å²) in [6, 6.07) is 3.83. The van der Waals surface area contributed by atoms with Crippen molar-refractivity contribution in [2.75, 3.05) is 26.2 Å². The Hall–Kier alpha value is -2.64. The molecule has 0 radical (unpaired) electrons. The number of amides is 2. The lowest BCUT2D eigenvalue weighted by atomic mass is 10.2. The molecule has 2 saturated carbocycles. The minimum atomic E-state index is 0.0297. The fraction of sp³-hybridized carbons (Fsp3) is 0.619. The van der Waals surface area contributed by atoms with E-state index in [1.165, 1.54) is 0 Å². The Labute approximate surface area is 169 Å². The van der Waals surface area contributed by atoms with Gasteiger partial charge in [-0.1, -0.05) is 10.3 Å². The number of hydrogen-bond acceptors (Lipinski definition) is 6. The first kappa shape index (κ1) is 18.4. The number of rotatable bonds is 6. The van der Waals surface area contributed by atoms with E-state index in [0.29, 0.717) is 49.5 Å². The van der Waals surface area contributed by atoms with Crippen LogP contribution in [0.2, 0.25) is 0 Å². The van der Waals surface area contributed by atoms with E-state index in [1.807, 2.05) is 21.9 Å². The summed E-state index contributed by atoms with van der Waals surface area (Å²) < 4.78 is 10.7. The molecule has 5 rings (SSSR count). The lowest BCUT2D eigenvalue weighted by Gasteiger charge is -2.21. The van der Waals surface area contributed by atoms with Crippen LogP contribution in [0.1, 0.15) is 66.8 Å². The van der Waals surface area contributed by atoms with Crippen molar-refractivity contribution in [1.82, 2.24) is 20.1 Å². The Balaban J connectivity index is 1.12. The molecule has 1 saturated heterocycles. The standard InChI is InChI=1S/C21H26N4O4/c26-20(12-16-10-18(22-28-16)14-2-3-14)24-6-1-7-25(9-8-24)21(27)13-17-11-19(23-29-17)15-4-5-15/h10-11,14-15H,1-9,12-13H2. The number of carbonyl (C=O) groups excluding carboxylic acids is 2. The summed E-state index contributed by atoms with van der Waals surface area (Å²) in [7, 11) is 0. The quantitative estimate of drug-likeness (QED) is 0.741. The molecule has 3 heterocycles. The SMILES string of the molecule is O=C(Cc1cc(C2CC2)no1)N1CCCN(C(=O)Cc2cc(C3CC3)no2)CC1. The van der Waals surface area contributed by atoms with Gasteiger partial charge in [0.25, 0.3) is 0 Å². The highest BCUT2D eigenvalue weighted by Gasteiger charge is 2.29. The Morgan fingerprint density at radius 1 is 0.793 bits per heavy atom. The summed E-state index contributed by atoms with van der Waals surface area (Å²) in [5, 5.41) is 8.15. The van der Waals surface area contributed by atoms with Gasteiger partial charge in [0.2, 0.25) is 11.8 Å². The number of hydrogen-bond donors (Lipinski definition) is 0. The number of carbonyl (C=O) groups is 2. The van der Waals surface area contributed by atoms with E-state index in [4.69, 9.17) is 9.05 Å². The van der Waals surface area contributed by atoms with Gasteiger partial charge in [0.05, 0.1) is 24.2 Å². The van der Waals surface area contributed by atoms with Crippen molar-refractivity contribution >= 4 is 11.8 Å². The van der Waals surface area contributed by atoms with E-state index in [9.17, 15) is 9.59 Å². The van der Waals surface area contributed by atoms with Crippen molar-refractivity contribution in [2.45, 2.75) is 56.8 Å². The second-order valence-corrected chi connectivity index (χ2v) is 8.45. The summed E-state index contributed by atoms with van der Waals surface area (Å²) in [6.45, 7) is 2.39. The molecule has 0 atom stereocenters. The third-order valence-corrected chi connectivity index (χ3v) is 6.00. The molecule has 8 nitrogen and oxygen atoms in total. The maximum absolute atomic E-state index is 12.7. The third kappa shape index (κ3) is 4.36. The highest BCUT2D eigenvalue weighted by Crippen LogP contribution is 2.40. The van der Waals surface area contributed by atoms with Crippen LogP contribution in [0.4, 0.5) is 0 Å². The molecule has 3 fully saturated rings. The molecule has 29 heavy (non-hydrogen) atoms. The Kier molecular flexibility index (Phi) is 4.85. The predicted octanol–water partition coefficient (Wildman–Crippen LogP) is 2.26. The minimum absolute atomic E-state index is 0.0297. The second kappa shape index (κ2) is 7.65. The Morgan fingerprint density at radius 3 is 1.66 bits per heavy atom. The van der Waals surface area contributed by atoms with Gasteiger partial charge in [0.1, 0.15) is 11.5 Å². The minimum Gasteiger partial charge on any atom is -0.361 e. The fourth-order valence-corrected chi connectivity index (χ4v) is 3.91. The van der Waals surface area contributed by atoms with Crippen LogP contribution in [0.5, 0.6) is 0 Å². The average molecular weight is 398 g/mol. The van der Waals surface area contributed by atoms with Crippen molar-refractivity contribution in [1.29, 1.82) is 0 Å². The normalized spacial score (nSPS) is 20.0. The van der Waals surface area contributed by atoms with Gasteiger partial charge < -0.3 is 18.8 Å². The first-order valence-corrected chi connectivity index (χ1v) is 10.6. The van der Waals surface area contributed by atoms with Crippen LogP contribution >= 0.6 is 0 Å². The van der Waals surface area contributed by atoms with Crippen LogP contribution in [0.25, 0.3) is 0 Å². The largest absolute Gasteiger partial charge is 0.361 e. The van der Waals surface area contributed by atoms with Gasteiger partial charge in [-0.3, -0.25) is 9.59 Å². The zero-order valence-electron chi connectivity index (χ0n) is 16.5. The van der Waals surface area contributed by atoms with Crippen molar-refractivity contribution in [2.24, 2.45) is 0 Å². The van der Waals surface area contributed by atoms with Crippen LogP contribution in [0.3, 0.4) is 0 Å². The van der Waals surface area contributed by atoms with Gasteiger partial charge in [0.15, 0.2) is 0 Å². The van der Waals surface area contributed by atoms with E-state index in [0.717, 1.165) is 43.5 Å². The molecule has 1 aliphatic heterocycles. The Bertz CT molecular complexity index is 824. The van der Waals surface area contributed by atoms with Gasteiger partial charge >= 0.3 is 0 Å². The molecular formula is C21H26N4O4. The highest BCUT2D eigenvalue weighted by atomic mass is 16.5. The first-order valence-electron chi connectivity index (χ1n) is 10.6. The first-order chi connectivity index (χ1) is 14.2. The molecule has 2 aliphatic carbocycles. The predicted molar refractivity (Wildman–Crippen MR) is 102 cm³/mol. The summed E-state index contributed by atoms with van der Waals surface area (Å²) in [5.74, 6) is 2.36. The highest BCUT2D eigenvalue weighted by molar-refractivity contribution is 5.79. The molecule has 0 spiro atoms. The number of aromatic nitrogens is 2. The topological polar surface area (TPSA) is 92.7 Å². The third-order valence-electron chi connectivity index (χ3n) is 6.00. The average Bonchev–Trinajstić information content (AvgIpc) is 3.64. The van der Waals surface area contributed by atoms with Gasteiger partial charge in [-0.05, 0) is 32.1 Å². The summed E-state index contributed by atoms with van der Waals surface area (Å²) in [6.07, 6.45) is 5.87. The summed E-state index contributed by atoms with van der Waals surface area (Å²) >= 11 is 0. The van der Waals surface area contributed by atoms with Crippen LogP contribution < -0.4 is 0 Å². The zero-order chi connectivity index (χ0) is 19.8. The van der Waals surface area contributed by atoms with E-state index >= 15 is 0 Å². The van der Waals surface area contributed by atoms with E-state index in [2.05, 4.69) is 10.3 Å². The van der Waals surface area contributed by atoms with Gasteiger partial charge in [-0.2, -0.15) is 0 Å². The van der Waals surface area contributed by atoms with Gasteiger partial charge in [-0.15, -0.1) is 0 Å². The van der Waals surface area contributed by atoms with Crippen LogP contribution in [0.15, 0.2) is 21.2 Å². The summed E-state index contributed by atoms with van der Waals surface area (Å²) in [5.41, 5.74) is 1.94. The lowest BCUT2D eigenvalue weighted by molar-refractivity contribution is -0.133. The van der Waals surface area contributed by atoms with Crippen LogP contribution in [-0.2, 0) is 22.4 Å². The molecule has 0 bridgehead atoms. The van der Waals surface area contributed by atoms with E-state index in [1.54, 1.807) is 0 Å². The van der Waals surface area contributed by atoms with Crippen LogP contribution in [-0.4, -0.2) is 58.1 Å². The van der Waals surface area contributed by atoms with Crippen LogP contribution in [0, 0.1) is 0 Å². The smallest absolute Gasteiger partial charge is 0.230 e. The molecule has 2 amide bonds.